The molecule has 152 valence electrons. The van der Waals surface area contributed by atoms with Crippen molar-refractivity contribution in [3.8, 4) is 0 Å². The number of hydrogen-bond donors (Lipinski definition) is 2. The molecule has 15 heteroatoms. The highest BCUT2D eigenvalue weighted by molar-refractivity contribution is 5.10. The third-order valence-corrected chi connectivity index (χ3v) is 3.00. The topological polar surface area (TPSA) is 40.5 Å². The van der Waals surface area contributed by atoms with E-state index in [2.05, 4.69) is 0 Å². The van der Waals surface area contributed by atoms with E-state index in [-0.39, 0.29) is 0 Å². The second kappa shape index (κ2) is 6.63. The van der Waals surface area contributed by atoms with Gasteiger partial charge in [-0.3, -0.25) is 0 Å². The van der Waals surface area contributed by atoms with E-state index in [1.807, 2.05) is 0 Å². The Morgan fingerprint density at radius 1 is 0.600 bits per heavy atom. The Kier molecular flexibility index (Phi) is 6.37. The molecule has 0 saturated carbocycles. The van der Waals surface area contributed by atoms with Gasteiger partial charge in [0.05, 0.1) is 12.7 Å². The minimum atomic E-state index is -7.93. The third-order valence-electron chi connectivity index (χ3n) is 3.00. The summed E-state index contributed by atoms with van der Waals surface area (Å²) in [6.07, 6.45) is -13.7. The fourth-order valence-electron chi connectivity index (χ4n) is 1.40. The van der Waals surface area contributed by atoms with Gasteiger partial charge < -0.3 is 10.2 Å². The monoisotopic (exact) mass is 408 g/mol. The Balaban J connectivity index is 5.95. The van der Waals surface area contributed by atoms with Crippen LogP contribution in [-0.2, 0) is 0 Å². The summed E-state index contributed by atoms with van der Waals surface area (Å²) >= 11 is 0. The van der Waals surface area contributed by atoms with Crippen LogP contribution in [0.5, 0.6) is 0 Å². The summed E-state index contributed by atoms with van der Waals surface area (Å²) in [7, 11) is 0. The summed E-state index contributed by atoms with van der Waals surface area (Å²) in [5.74, 6) is -37.1. The highest BCUT2D eigenvalue weighted by atomic mass is 19.4. The second-order valence-corrected chi connectivity index (χ2v) is 4.87. The zero-order chi connectivity index (χ0) is 20.7. The number of alkyl halides is 13. The molecule has 0 spiro atoms. The van der Waals surface area contributed by atoms with Crippen LogP contribution in [0.4, 0.5) is 57.1 Å². The Hall–Kier alpha value is -0.990. The predicted molar refractivity (Wildman–Crippen MR) is 53.1 cm³/mol. The molecule has 0 amide bonds. The molecule has 0 heterocycles. The van der Waals surface area contributed by atoms with Crippen LogP contribution >= 0.6 is 0 Å². The predicted octanol–water partition coefficient (Wildman–Crippen LogP) is 3.86. The fraction of sp³-hybridized carbons (Fsp3) is 1.00. The summed E-state index contributed by atoms with van der Waals surface area (Å²) in [6.45, 7) is -1.33. The van der Waals surface area contributed by atoms with Crippen molar-refractivity contribution >= 4 is 0 Å². The van der Waals surface area contributed by atoms with Crippen molar-refractivity contribution in [3.05, 3.63) is 0 Å². The zero-order valence-corrected chi connectivity index (χ0v) is 11.5. The summed E-state index contributed by atoms with van der Waals surface area (Å²) in [5.41, 5.74) is 0. The van der Waals surface area contributed by atoms with E-state index < -0.39 is 61.3 Å². The Bertz CT molecular complexity index is 456. The van der Waals surface area contributed by atoms with Gasteiger partial charge in [-0.05, 0) is 6.42 Å². The lowest BCUT2D eigenvalue weighted by Gasteiger charge is -2.39. The maximum atomic E-state index is 13.1. The lowest BCUT2D eigenvalue weighted by atomic mass is 9.91. The molecule has 1 unspecified atom stereocenters. The number of aliphatic hydroxyl groups is 2. The first kappa shape index (κ1) is 24.0. The number of rotatable bonds is 8. The zero-order valence-electron chi connectivity index (χ0n) is 11.5. The molecule has 0 saturated heterocycles. The van der Waals surface area contributed by atoms with Gasteiger partial charge in [0.25, 0.3) is 0 Å². The van der Waals surface area contributed by atoms with Crippen LogP contribution in [0.2, 0.25) is 0 Å². The Labute approximate surface area is 130 Å². The molecule has 0 fully saturated rings. The maximum Gasteiger partial charge on any atom is 0.460 e. The lowest BCUT2D eigenvalue weighted by Crippen LogP contribution is -2.70. The molecule has 0 aliphatic carbocycles. The van der Waals surface area contributed by atoms with Gasteiger partial charge in [0, 0.05) is 6.42 Å². The van der Waals surface area contributed by atoms with Gasteiger partial charge >= 0.3 is 35.8 Å². The van der Waals surface area contributed by atoms with E-state index in [0.717, 1.165) is 0 Å². The van der Waals surface area contributed by atoms with Gasteiger partial charge in [-0.1, -0.05) is 0 Å². The molecule has 0 rings (SSSR count). The van der Waals surface area contributed by atoms with E-state index in [4.69, 9.17) is 10.2 Å². The molecule has 0 radical (unpaired) electrons. The highest BCUT2D eigenvalue weighted by Gasteiger charge is 2.90. The first-order valence-electron chi connectivity index (χ1n) is 5.95. The van der Waals surface area contributed by atoms with E-state index >= 15 is 0 Å². The largest absolute Gasteiger partial charge is 0.460 e. The van der Waals surface area contributed by atoms with E-state index in [9.17, 15) is 57.1 Å². The van der Waals surface area contributed by atoms with Crippen LogP contribution in [0.15, 0.2) is 0 Å². The third kappa shape index (κ3) is 3.75. The minimum Gasteiger partial charge on any atom is -0.394 e. The molecule has 0 aromatic heterocycles. The summed E-state index contributed by atoms with van der Waals surface area (Å²) in [5, 5.41) is 16.9. The van der Waals surface area contributed by atoms with E-state index in [1.54, 1.807) is 0 Å². The van der Waals surface area contributed by atoms with Crippen molar-refractivity contribution in [3.63, 3.8) is 0 Å². The molecular formula is C10H9F13O2. The Morgan fingerprint density at radius 3 is 1.28 bits per heavy atom. The molecule has 2 N–H and O–H groups in total. The molecule has 0 bridgehead atoms. The van der Waals surface area contributed by atoms with Crippen molar-refractivity contribution in [2.75, 3.05) is 6.61 Å². The average Bonchev–Trinajstić information content (AvgIpc) is 2.42. The minimum absolute atomic E-state index is 1.33. The van der Waals surface area contributed by atoms with Crippen LogP contribution in [0, 0.1) is 0 Å². The summed E-state index contributed by atoms with van der Waals surface area (Å²) in [4.78, 5) is 0. The second-order valence-electron chi connectivity index (χ2n) is 4.87. The van der Waals surface area contributed by atoms with Gasteiger partial charge in [0.1, 0.15) is 0 Å². The van der Waals surface area contributed by atoms with Gasteiger partial charge in [-0.15, -0.1) is 0 Å². The molecule has 0 aliphatic rings. The fourth-order valence-corrected chi connectivity index (χ4v) is 1.40. The first-order chi connectivity index (χ1) is 10.7. The number of halogens is 13. The molecule has 0 aromatic carbocycles. The van der Waals surface area contributed by atoms with Crippen molar-refractivity contribution < 1.29 is 67.3 Å². The van der Waals surface area contributed by atoms with E-state index in [0.29, 0.717) is 0 Å². The molecule has 2 nitrogen and oxygen atoms in total. The normalized spacial score (nSPS) is 16.9. The quantitative estimate of drug-likeness (QED) is 0.599. The lowest BCUT2D eigenvalue weighted by molar-refractivity contribution is -0.440. The maximum absolute atomic E-state index is 13.1. The van der Waals surface area contributed by atoms with Crippen molar-refractivity contribution in [1.82, 2.24) is 0 Å². The average molecular weight is 408 g/mol. The van der Waals surface area contributed by atoms with Gasteiger partial charge in [0.15, 0.2) is 0 Å². The molecule has 25 heavy (non-hydrogen) atoms. The van der Waals surface area contributed by atoms with Crippen LogP contribution in [0.3, 0.4) is 0 Å². The van der Waals surface area contributed by atoms with E-state index in [1.165, 1.54) is 0 Å². The number of hydrogen-bond acceptors (Lipinski definition) is 2. The van der Waals surface area contributed by atoms with Crippen LogP contribution in [-0.4, -0.2) is 58.7 Å². The molecule has 1 atom stereocenters. The van der Waals surface area contributed by atoms with Gasteiger partial charge in [-0.2, -0.15) is 57.1 Å². The molecular weight excluding hydrogens is 399 g/mol. The van der Waals surface area contributed by atoms with Crippen molar-refractivity contribution in [2.24, 2.45) is 0 Å². The van der Waals surface area contributed by atoms with Crippen LogP contribution < -0.4 is 0 Å². The first-order valence-corrected chi connectivity index (χ1v) is 5.95. The van der Waals surface area contributed by atoms with Crippen molar-refractivity contribution in [1.29, 1.82) is 0 Å². The summed E-state index contributed by atoms with van der Waals surface area (Å²) < 4.78 is 165. The molecule has 0 aromatic rings. The van der Waals surface area contributed by atoms with Crippen LogP contribution in [0.1, 0.15) is 12.8 Å². The van der Waals surface area contributed by atoms with Gasteiger partial charge in [0.2, 0.25) is 0 Å². The molecule has 0 aliphatic heterocycles. The number of aliphatic hydroxyl groups excluding tert-OH is 2. The van der Waals surface area contributed by atoms with Crippen molar-refractivity contribution in [2.45, 2.75) is 54.7 Å². The standard InChI is InChI=1S/C10H9F13O2/c11-5(12,2-1-4(25)3-24)6(13,14)7(15,16)8(17,18)9(19,20)10(21,22)23/h4,24-25H,1-3H2. The van der Waals surface area contributed by atoms with Gasteiger partial charge in [-0.25, -0.2) is 0 Å². The summed E-state index contributed by atoms with van der Waals surface area (Å²) in [6, 6.07) is 0. The highest BCUT2D eigenvalue weighted by Crippen LogP contribution is 2.60. The SMILES string of the molecule is OCC(O)CCC(F)(F)C(F)(F)C(F)(F)C(F)(F)C(F)(F)C(F)(F)F. The Morgan fingerprint density at radius 2 is 0.960 bits per heavy atom. The smallest absolute Gasteiger partial charge is 0.394 e. The van der Waals surface area contributed by atoms with Crippen LogP contribution in [0.25, 0.3) is 0 Å².